The summed E-state index contributed by atoms with van der Waals surface area (Å²) in [5.41, 5.74) is 2.62. The third-order valence-electron chi connectivity index (χ3n) is 4.15. The van der Waals surface area contributed by atoms with Crippen LogP contribution in [-0.4, -0.2) is 30.6 Å². The van der Waals surface area contributed by atoms with Crippen LogP contribution in [0.2, 0.25) is 0 Å². The predicted molar refractivity (Wildman–Crippen MR) is 84.6 cm³/mol. The smallest absolute Gasteiger partial charge is 0.336 e. The van der Waals surface area contributed by atoms with Crippen LogP contribution in [0.4, 0.5) is 0 Å². The zero-order valence-corrected chi connectivity index (χ0v) is 12.7. The van der Waals surface area contributed by atoms with Gasteiger partial charge in [0.1, 0.15) is 5.58 Å². The van der Waals surface area contributed by atoms with E-state index >= 15 is 0 Å². The van der Waals surface area contributed by atoms with Crippen LogP contribution in [0.25, 0.3) is 11.0 Å². The quantitative estimate of drug-likeness (QED) is 0.857. The van der Waals surface area contributed by atoms with Gasteiger partial charge < -0.3 is 9.73 Å². The third-order valence-corrected chi connectivity index (χ3v) is 4.15. The van der Waals surface area contributed by atoms with Gasteiger partial charge in [0.05, 0.1) is 0 Å². The minimum Gasteiger partial charge on any atom is -0.423 e. The SMILES string of the molecule is CCCN(Cc1cc(=O)oc2cc(C)ccc12)C1CNC1. The Labute approximate surface area is 124 Å². The Morgan fingerprint density at radius 3 is 2.81 bits per heavy atom. The maximum absolute atomic E-state index is 11.8. The van der Waals surface area contributed by atoms with Crippen molar-refractivity contribution in [2.75, 3.05) is 19.6 Å². The van der Waals surface area contributed by atoms with E-state index in [4.69, 9.17) is 4.42 Å². The lowest BCUT2D eigenvalue weighted by molar-refractivity contribution is 0.138. The van der Waals surface area contributed by atoms with E-state index in [0.29, 0.717) is 11.6 Å². The molecule has 21 heavy (non-hydrogen) atoms. The van der Waals surface area contributed by atoms with Crippen molar-refractivity contribution in [3.63, 3.8) is 0 Å². The summed E-state index contributed by atoms with van der Waals surface area (Å²) in [4.78, 5) is 14.3. The molecule has 4 heteroatoms. The van der Waals surface area contributed by atoms with E-state index in [1.165, 1.54) is 0 Å². The summed E-state index contributed by atoms with van der Waals surface area (Å²) in [6, 6.07) is 8.30. The van der Waals surface area contributed by atoms with Crippen molar-refractivity contribution < 1.29 is 4.42 Å². The molecular formula is C17H22N2O2. The lowest BCUT2D eigenvalue weighted by atomic mass is 10.0. The monoisotopic (exact) mass is 286 g/mol. The second kappa shape index (κ2) is 6.00. The maximum Gasteiger partial charge on any atom is 0.336 e. The second-order valence-electron chi connectivity index (χ2n) is 5.87. The Hall–Kier alpha value is -1.65. The fourth-order valence-electron chi connectivity index (χ4n) is 2.90. The van der Waals surface area contributed by atoms with Crippen LogP contribution in [0.1, 0.15) is 24.5 Å². The first-order valence-corrected chi connectivity index (χ1v) is 7.65. The number of fused-ring (bicyclic) bond motifs is 1. The van der Waals surface area contributed by atoms with Crippen molar-refractivity contribution in [2.24, 2.45) is 0 Å². The molecule has 112 valence electrons. The number of hydrogen-bond donors (Lipinski definition) is 1. The average molecular weight is 286 g/mol. The van der Waals surface area contributed by atoms with Crippen LogP contribution in [0.3, 0.4) is 0 Å². The lowest BCUT2D eigenvalue weighted by Crippen LogP contribution is -2.57. The molecule has 0 atom stereocenters. The Bertz CT molecular complexity index is 689. The number of rotatable bonds is 5. The molecule has 2 heterocycles. The van der Waals surface area contributed by atoms with Gasteiger partial charge in [0, 0.05) is 37.1 Å². The first-order valence-electron chi connectivity index (χ1n) is 7.65. The molecular weight excluding hydrogens is 264 g/mol. The first-order chi connectivity index (χ1) is 10.2. The molecule has 1 saturated heterocycles. The largest absolute Gasteiger partial charge is 0.423 e. The van der Waals surface area contributed by atoms with E-state index in [-0.39, 0.29) is 5.63 Å². The van der Waals surface area contributed by atoms with Gasteiger partial charge in [-0.05, 0) is 37.1 Å². The van der Waals surface area contributed by atoms with Gasteiger partial charge in [0.25, 0.3) is 0 Å². The number of hydrogen-bond acceptors (Lipinski definition) is 4. The van der Waals surface area contributed by atoms with Gasteiger partial charge in [-0.3, -0.25) is 4.90 Å². The van der Waals surface area contributed by atoms with Crippen LogP contribution >= 0.6 is 0 Å². The highest BCUT2D eigenvalue weighted by molar-refractivity contribution is 5.80. The molecule has 0 aliphatic carbocycles. The molecule has 1 N–H and O–H groups in total. The molecule has 0 amide bonds. The maximum atomic E-state index is 11.8. The van der Waals surface area contributed by atoms with Crippen molar-refractivity contribution in [2.45, 2.75) is 32.9 Å². The number of nitrogens with zero attached hydrogens (tertiary/aromatic N) is 1. The number of nitrogens with one attached hydrogen (secondary N) is 1. The Balaban J connectivity index is 1.96. The summed E-state index contributed by atoms with van der Waals surface area (Å²) in [6.45, 7) is 8.15. The van der Waals surface area contributed by atoms with Gasteiger partial charge in [0.2, 0.25) is 0 Å². The molecule has 2 aromatic rings. The summed E-state index contributed by atoms with van der Waals surface area (Å²) >= 11 is 0. The van der Waals surface area contributed by atoms with Gasteiger partial charge >= 0.3 is 5.63 Å². The molecule has 0 radical (unpaired) electrons. The van der Waals surface area contributed by atoms with Crippen molar-refractivity contribution in [3.05, 3.63) is 45.8 Å². The molecule has 1 aromatic carbocycles. The van der Waals surface area contributed by atoms with E-state index in [2.05, 4.69) is 29.3 Å². The average Bonchev–Trinajstić information content (AvgIpc) is 2.36. The Kier molecular flexibility index (Phi) is 4.08. The molecule has 0 spiro atoms. The molecule has 1 aliphatic rings. The highest BCUT2D eigenvalue weighted by Gasteiger charge is 2.24. The molecule has 4 nitrogen and oxygen atoms in total. The molecule has 3 rings (SSSR count). The summed E-state index contributed by atoms with van der Waals surface area (Å²) < 4.78 is 5.34. The Morgan fingerprint density at radius 2 is 2.14 bits per heavy atom. The fourth-order valence-corrected chi connectivity index (χ4v) is 2.90. The topological polar surface area (TPSA) is 45.5 Å². The third kappa shape index (κ3) is 3.01. The van der Waals surface area contributed by atoms with Gasteiger partial charge in [-0.15, -0.1) is 0 Å². The van der Waals surface area contributed by atoms with Crippen LogP contribution in [-0.2, 0) is 6.54 Å². The molecule has 0 unspecified atom stereocenters. The highest BCUT2D eigenvalue weighted by atomic mass is 16.4. The van der Waals surface area contributed by atoms with E-state index < -0.39 is 0 Å². The molecule has 1 aromatic heterocycles. The van der Waals surface area contributed by atoms with Crippen LogP contribution < -0.4 is 10.9 Å². The molecule has 0 saturated carbocycles. The Morgan fingerprint density at radius 1 is 1.33 bits per heavy atom. The number of aryl methyl sites for hydroxylation is 1. The zero-order valence-electron chi connectivity index (χ0n) is 12.7. The zero-order chi connectivity index (χ0) is 14.8. The molecule has 1 aliphatic heterocycles. The minimum absolute atomic E-state index is 0.258. The van der Waals surface area contributed by atoms with Gasteiger partial charge in [-0.1, -0.05) is 19.1 Å². The van der Waals surface area contributed by atoms with Crippen LogP contribution in [0, 0.1) is 6.92 Å². The van der Waals surface area contributed by atoms with Gasteiger partial charge in [-0.25, -0.2) is 4.79 Å². The van der Waals surface area contributed by atoms with Crippen molar-refractivity contribution in [3.8, 4) is 0 Å². The summed E-state index contributed by atoms with van der Waals surface area (Å²) in [7, 11) is 0. The van der Waals surface area contributed by atoms with E-state index in [1.807, 2.05) is 13.0 Å². The normalized spacial score (nSPS) is 15.6. The van der Waals surface area contributed by atoms with Crippen LogP contribution in [0.15, 0.2) is 33.5 Å². The van der Waals surface area contributed by atoms with Gasteiger partial charge in [-0.2, -0.15) is 0 Å². The standard InChI is InChI=1S/C17H22N2O2/c1-3-6-19(14-9-18-10-14)11-13-8-17(20)21-16-7-12(2)4-5-15(13)16/h4-5,7-8,14,18H,3,6,9-11H2,1-2H3. The van der Waals surface area contributed by atoms with Gasteiger partial charge in [0.15, 0.2) is 0 Å². The first kappa shape index (κ1) is 14.3. The van der Waals surface area contributed by atoms with E-state index in [0.717, 1.165) is 49.1 Å². The predicted octanol–water partition coefficient (Wildman–Crippen LogP) is 2.29. The van der Waals surface area contributed by atoms with Crippen molar-refractivity contribution >= 4 is 11.0 Å². The second-order valence-corrected chi connectivity index (χ2v) is 5.87. The minimum atomic E-state index is -0.258. The van der Waals surface area contributed by atoms with Crippen molar-refractivity contribution in [1.29, 1.82) is 0 Å². The molecule has 1 fully saturated rings. The fraction of sp³-hybridized carbons (Fsp3) is 0.471. The highest BCUT2D eigenvalue weighted by Crippen LogP contribution is 2.21. The lowest BCUT2D eigenvalue weighted by Gasteiger charge is -2.38. The summed E-state index contributed by atoms with van der Waals surface area (Å²) in [5.74, 6) is 0. The van der Waals surface area contributed by atoms with Crippen LogP contribution in [0.5, 0.6) is 0 Å². The van der Waals surface area contributed by atoms with Crippen molar-refractivity contribution in [1.82, 2.24) is 10.2 Å². The summed E-state index contributed by atoms with van der Waals surface area (Å²) in [6.07, 6.45) is 1.12. The van der Waals surface area contributed by atoms with E-state index in [9.17, 15) is 4.79 Å². The molecule has 0 bridgehead atoms. The van der Waals surface area contributed by atoms with E-state index in [1.54, 1.807) is 6.07 Å². The number of benzene rings is 1. The summed E-state index contributed by atoms with van der Waals surface area (Å²) in [5, 5.41) is 4.37.